The Kier molecular flexibility index (Phi) is 12.1. The van der Waals surface area contributed by atoms with Crippen molar-refractivity contribution in [3.63, 3.8) is 0 Å². The van der Waals surface area contributed by atoms with Crippen molar-refractivity contribution in [2.45, 2.75) is 43.8 Å². The Balaban J connectivity index is 4.53. The van der Waals surface area contributed by atoms with Crippen LogP contribution in [0.15, 0.2) is 0 Å². The fourth-order valence-electron chi connectivity index (χ4n) is 2.05. The molecule has 28 heavy (non-hydrogen) atoms. The molecular weight excluding hydrogens is 376 g/mol. The third-order valence-corrected chi connectivity index (χ3v) is 3.58. The number of nitrogens with one attached hydrogen (secondary N) is 3. The summed E-state index contributed by atoms with van der Waals surface area (Å²) in [7, 11) is 0. The Labute approximate surface area is 161 Å². The second kappa shape index (κ2) is 13.4. The van der Waals surface area contributed by atoms with Crippen molar-refractivity contribution < 1.29 is 34.2 Å². The number of aliphatic carboxylic acids is 1. The maximum absolute atomic E-state index is 12.0. The molecule has 0 rings (SSSR count). The largest absolute Gasteiger partial charge is 0.480 e. The van der Waals surface area contributed by atoms with Crippen LogP contribution in [0.5, 0.6) is 0 Å². The Morgan fingerprint density at radius 1 is 0.964 bits per heavy atom. The number of hydrogen-bond donors (Lipinski definition) is 8. The first kappa shape index (κ1) is 25.2. The van der Waals surface area contributed by atoms with E-state index in [1.165, 1.54) is 0 Å². The predicted molar refractivity (Wildman–Crippen MR) is 96.3 cm³/mol. The van der Waals surface area contributed by atoms with Crippen LogP contribution in [0.2, 0.25) is 0 Å². The highest BCUT2D eigenvalue weighted by atomic mass is 16.4. The van der Waals surface area contributed by atoms with Gasteiger partial charge in [0, 0.05) is 0 Å². The lowest BCUT2D eigenvalue weighted by molar-refractivity contribution is -0.144. The minimum absolute atomic E-state index is 0.392. The maximum atomic E-state index is 12.0. The summed E-state index contributed by atoms with van der Waals surface area (Å²) in [5.74, 6) is -4.87. The number of primary amides is 1. The van der Waals surface area contributed by atoms with E-state index in [1.54, 1.807) is 0 Å². The average molecular weight is 404 g/mol. The summed E-state index contributed by atoms with van der Waals surface area (Å²) in [4.78, 5) is 57.4. The first-order valence-corrected chi connectivity index (χ1v) is 8.57. The summed E-state index contributed by atoms with van der Waals surface area (Å²) in [6, 6.07) is -3.92. The molecule has 0 aliphatic carbocycles. The van der Waals surface area contributed by atoms with Gasteiger partial charge in [-0.3, -0.25) is 19.2 Å². The van der Waals surface area contributed by atoms with Crippen LogP contribution in [0.4, 0.5) is 0 Å². The van der Waals surface area contributed by atoms with Crippen molar-refractivity contribution in [2.24, 2.45) is 17.2 Å². The SMILES string of the molecule is NCCCCC(N)C(=O)NCC(=O)NC(CO)C(=O)NC(CC(N)=O)C(=O)O. The first-order chi connectivity index (χ1) is 13.1. The number of rotatable bonds is 14. The fraction of sp³-hybridized carbons (Fsp3) is 0.667. The van der Waals surface area contributed by atoms with E-state index in [0.29, 0.717) is 25.8 Å². The van der Waals surface area contributed by atoms with Crippen molar-refractivity contribution in [1.82, 2.24) is 16.0 Å². The van der Waals surface area contributed by atoms with E-state index in [2.05, 4.69) is 10.6 Å². The predicted octanol–water partition coefficient (Wildman–Crippen LogP) is -4.52. The normalized spacial score (nSPS) is 13.7. The molecule has 0 aromatic rings. The number of amides is 4. The third kappa shape index (κ3) is 10.4. The second-order valence-electron chi connectivity index (χ2n) is 5.98. The Morgan fingerprint density at radius 3 is 2.11 bits per heavy atom. The summed E-state index contributed by atoms with van der Waals surface area (Å²) in [6.07, 6.45) is 1.09. The average Bonchev–Trinajstić information content (AvgIpc) is 2.62. The van der Waals surface area contributed by atoms with Gasteiger partial charge in [0.2, 0.25) is 23.6 Å². The van der Waals surface area contributed by atoms with E-state index >= 15 is 0 Å². The van der Waals surface area contributed by atoms with Gasteiger partial charge in [0.05, 0.1) is 25.6 Å². The van der Waals surface area contributed by atoms with Crippen LogP contribution in [-0.4, -0.2) is 77.6 Å². The van der Waals surface area contributed by atoms with Gasteiger partial charge in [-0.2, -0.15) is 0 Å². The molecule has 0 aliphatic heterocycles. The van der Waals surface area contributed by atoms with Gasteiger partial charge < -0.3 is 43.4 Å². The molecule has 0 aromatic heterocycles. The highest BCUT2D eigenvalue weighted by Gasteiger charge is 2.27. The number of carboxylic acid groups (broad SMARTS) is 1. The van der Waals surface area contributed by atoms with Crippen molar-refractivity contribution in [2.75, 3.05) is 19.7 Å². The van der Waals surface area contributed by atoms with Crippen molar-refractivity contribution in [3.05, 3.63) is 0 Å². The zero-order chi connectivity index (χ0) is 21.7. The molecule has 0 saturated carbocycles. The monoisotopic (exact) mass is 404 g/mol. The van der Waals surface area contributed by atoms with Gasteiger partial charge in [0.25, 0.3) is 0 Å². The molecule has 13 heteroatoms. The molecule has 4 amide bonds. The van der Waals surface area contributed by atoms with Gasteiger partial charge in [0.15, 0.2) is 0 Å². The second-order valence-corrected chi connectivity index (χ2v) is 5.98. The highest BCUT2D eigenvalue weighted by molar-refractivity contribution is 5.93. The molecule has 0 fully saturated rings. The summed E-state index contributed by atoms with van der Waals surface area (Å²) < 4.78 is 0. The number of nitrogens with two attached hydrogens (primary N) is 3. The highest BCUT2D eigenvalue weighted by Crippen LogP contribution is 1.98. The molecule has 0 spiro atoms. The molecule has 3 unspecified atom stereocenters. The lowest BCUT2D eigenvalue weighted by atomic mass is 10.1. The van der Waals surface area contributed by atoms with Crippen LogP contribution >= 0.6 is 0 Å². The first-order valence-electron chi connectivity index (χ1n) is 8.57. The van der Waals surface area contributed by atoms with Crippen LogP contribution in [-0.2, 0) is 24.0 Å². The number of carboxylic acids is 1. The quantitative estimate of drug-likeness (QED) is 0.130. The Bertz CT molecular complexity index is 571. The van der Waals surface area contributed by atoms with Crippen molar-refractivity contribution in [1.29, 1.82) is 0 Å². The lowest BCUT2D eigenvalue weighted by Crippen LogP contribution is -2.55. The molecule has 160 valence electrons. The molecule has 11 N–H and O–H groups in total. The van der Waals surface area contributed by atoms with Crippen LogP contribution in [0, 0.1) is 0 Å². The fourth-order valence-corrected chi connectivity index (χ4v) is 2.05. The smallest absolute Gasteiger partial charge is 0.326 e. The summed E-state index contributed by atoms with van der Waals surface area (Å²) in [6.45, 7) is -0.868. The minimum atomic E-state index is -1.61. The van der Waals surface area contributed by atoms with E-state index in [1.807, 2.05) is 5.32 Å². The van der Waals surface area contributed by atoms with Crippen LogP contribution in [0.25, 0.3) is 0 Å². The zero-order valence-corrected chi connectivity index (χ0v) is 15.3. The number of hydrogen-bond acceptors (Lipinski definition) is 8. The summed E-state index contributed by atoms with van der Waals surface area (Å²) in [5.41, 5.74) is 15.9. The molecular formula is C15H28N6O7. The van der Waals surface area contributed by atoms with Gasteiger partial charge in [0.1, 0.15) is 12.1 Å². The topological polar surface area (TPSA) is 240 Å². The molecule has 0 radical (unpaired) electrons. The minimum Gasteiger partial charge on any atom is -0.480 e. The standard InChI is InChI=1S/C15H28N6O7/c16-4-2-1-3-8(17)13(25)19-6-12(24)20-10(7-22)14(26)21-9(15(27)28)5-11(18)23/h8-10,22H,1-7,16-17H2,(H2,18,23)(H,19,25)(H,20,24)(H,21,26)(H,27,28). The molecule has 0 aliphatic rings. The van der Waals surface area contributed by atoms with Crippen LogP contribution in [0.1, 0.15) is 25.7 Å². The number of carbonyl (C=O) groups excluding carboxylic acids is 4. The van der Waals surface area contributed by atoms with Gasteiger partial charge in [-0.05, 0) is 19.4 Å². The van der Waals surface area contributed by atoms with Gasteiger partial charge >= 0.3 is 5.97 Å². The molecule has 0 saturated heterocycles. The van der Waals surface area contributed by atoms with Crippen molar-refractivity contribution in [3.8, 4) is 0 Å². The van der Waals surface area contributed by atoms with Crippen LogP contribution < -0.4 is 33.2 Å². The maximum Gasteiger partial charge on any atom is 0.326 e. The van der Waals surface area contributed by atoms with E-state index < -0.39 is 67.3 Å². The molecule has 0 bridgehead atoms. The van der Waals surface area contributed by atoms with E-state index in [4.69, 9.17) is 22.3 Å². The van der Waals surface area contributed by atoms with Gasteiger partial charge in [-0.25, -0.2) is 4.79 Å². The third-order valence-electron chi connectivity index (χ3n) is 3.58. The number of aliphatic hydroxyl groups excluding tert-OH is 1. The molecule has 0 aromatic carbocycles. The van der Waals surface area contributed by atoms with E-state index in [9.17, 15) is 29.1 Å². The Hall–Kier alpha value is -2.77. The lowest BCUT2D eigenvalue weighted by Gasteiger charge is -2.19. The van der Waals surface area contributed by atoms with E-state index in [0.717, 1.165) is 0 Å². The van der Waals surface area contributed by atoms with Gasteiger partial charge in [-0.15, -0.1) is 0 Å². The van der Waals surface area contributed by atoms with E-state index in [-0.39, 0.29) is 0 Å². The Morgan fingerprint density at radius 2 is 1.61 bits per heavy atom. The molecule has 3 atom stereocenters. The summed E-state index contributed by atoms with van der Waals surface area (Å²) in [5, 5.41) is 24.6. The number of unbranched alkanes of at least 4 members (excludes halogenated alkanes) is 1. The van der Waals surface area contributed by atoms with Crippen molar-refractivity contribution >= 4 is 29.6 Å². The number of carbonyl (C=O) groups is 5. The van der Waals surface area contributed by atoms with Crippen LogP contribution in [0.3, 0.4) is 0 Å². The molecule has 0 heterocycles. The van der Waals surface area contributed by atoms with Gasteiger partial charge in [-0.1, -0.05) is 6.42 Å². The zero-order valence-electron chi connectivity index (χ0n) is 15.3. The number of aliphatic hydroxyl groups is 1. The molecule has 13 nitrogen and oxygen atoms in total. The summed E-state index contributed by atoms with van der Waals surface area (Å²) >= 11 is 0.